The molecule has 12 nitrogen and oxygen atoms in total. The molecular formula is C28H32ClN11O. The van der Waals surface area contributed by atoms with E-state index in [1.54, 1.807) is 13.0 Å². The Balaban J connectivity index is 1.23. The number of nitrogens with zero attached hydrogens (tertiary/aromatic N) is 9. The lowest BCUT2D eigenvalue weighted by Gasteiger charge is -2.42. The predicted octanol–water partition coefficient (Wildman–Crippen LogP) is 3.22. The summed E-state index contributed by atoms with van der Waals surface area (Å²) in [4.78, 5) is 27.6. The van der Waals surface area contributed by atoms with Gasteiger partial charge in [-0.1, -0.05) is 11.6 Å². The second kappa shape index (κ2) is 11.0. The number of aromatic nitrogens is 4. The van der Waals surface area contributed by atoms with Crippen LogP contribution in [-0.2, 0) is 4.79 Å². The van der Waals surface area contributed by atoms with Crippen LogP contribution in [0.4, 0.5) is 23.3 Å². The van der Waals surface area contributed by atoms with Crippen molar-refractivity contribution in [2.45, 2.75) is 45.2 Å². The summed E-state index contributed by atoms with van der Waals surface area (Å²) in [6.45, 7) is 8.94. The van der Waals surface area contributed by atoms with Gasteiger partial charge in [0.25, 0.3) is 0 Å². The molecule has 1 aromatic carbocycles. The lowest BCUT2D eigenvalue weighted by atomic mass is 10.1. The molecule has 1 amide bonds. The molecule has 2 aliphatic heterocycles. The summed E-state index contributed by atoms with van der Waals surface area (Å²) in [5.41, 5.74) is 2.50. The number of amides is 1. The minimum Gasteiger partial charge on any atom is -0.365 e. The molecule has 0 unspecified atom stereocenters. The Bertz CT molecular complexity index is 1570. The highest BCUT2D eigenvalue weighted by atomic mass is 35.5. The molecule has 3 aromatic rings. The number of halogens is 1. The third-order valence-electron chi connectivity index (χ3n) is 8.10. The van der Waals surface area contributed by atoms with Crippen LogP contribution in [-0.4, -0.2) is 86.6 Å². The fraction of sp³-hybridized carbons (Fsp3) is 0.500. The Morgan fingerprint density at radius 3 is 2.63 bits per heavy atom. The van der Waals surface area contributed by atoms with E-state index in [1.807, 2.05) is 11.0 Å². The predicted molar refractivity (Wildman–Crippen MR) is 155 cm³/mol. The van der Waals surface area contributed by atoms with E-state index in [-0.39, 0.29) is 17.9 Å². The summed E-state index contributed by atoms with van der Waals surface area (Å²) in [5.74, 6) is 1.40. The molecule has 1 saturated carbocycles. The number of rotatable bonds is 7. The molecule has 0 bridgehead atoms. The molecule has 2 atom stereocenters. The van der Waals surface area contributed by atoms with E-state index in [9.17, 15) is 15.3 Å². The van der Waals surface area contributed by atoms with Crippen molar-refractivity contribution in [1.29, 1.82) is 10.5 Å². The SMILES string of the molecule is CC(=O)N1CC[C@H](CN2CCN(c3cc(C#N)cc(Nc4nc(NC5CC5)n5ncc(C#N)c5n4)c3Cl)[C@@H](C)C2)C1. The molecule has 1 aliphatic carbocycles. The first kappa shape index (κ1) is 27.1. The Morgan fingerprint density at radius 2 is 1.95 bits per heavy atom. The van der Waals surface area contributed by atoms with Crippen LogP contribution in [0.1, 0.15) is 44.2 Å². The first-order valence-corrected chi connectivity index (χ1v) is 14.4. The average molecular weight is 574 g/mol. The summed E-state index contributed by atoms with van der Waals surface area (Å²) < 4.78 is 1.53. The zero-order valence-corrected chi connectivity index (χ0v) is 23.9. The molecule has 3 fully saturated rings. The first-order chi connectivity index (χ1) is 19.8. The normalized spacial score (nSPS) is 21.1. The summed E-state index contributed by atoms with van der Waals surface area (Å²) in [6.07, 6.45) is 4.60. The van der Waals surface area contributed by atoms with Gasteiger partial charge in [-0.05, 0) is 44.2 Å². The lowest BCUT2D eigenvalue weighted by molar-refractivity contribution is -0.127. The zero-order chi connectivity index (χ0) is 28.7. The molecule has 2 N–H and O–H groups in total. The van der Waals surface area contributed by atoms with E-state index in [1.165, 1.54) is 10.7 Å². The monoisotopic (exact) mass is 573 g/mol. The maximum atomic E-state index is 11.7. The summed E-state index contributed by atoms with van der Waals surface area (Å²) in [7, 11) is 0. The maximum Gasteiger partial charge on any atom is 0.232 e. The Labute approximate surface area is 243 Å². The van der Waals surface area contributed by atoms with Crippen LogP contribution in [0.3, 0.4) is 0 Å². The number of benzene rings is 1. The number of carbonyl (C=O) groups excluding carboxylic acids is 1. The fourth-order valence-corrected chi connectivity index (χ4v) is 6.06. The van der Waals surface area contributed by atoms with E-state index < -0.39 is 0 Å². The number of hydrogen-bond donors (Lipinski definition) is 2. The van der Waals surface area contributed by atoms with Gasteiger partial charge in [0.15, 0.2) is 5.65 Å². The number of nitrogens with one attached hydrogen (secondary N) is 2. The molecule has 13 heteroatoms. The van der Waals surface area contributed by atoms with E-state index in [0.29, 0.717) is 45.4 Å². The van der Waals surface area contributed by atoms with Crippen LogP contribution in [0, 0.1) is 28.6 Å². The minimum absolute atomic E-state index is 0.151. The fourth-order valence-electron chi connectivity index (χ4n) is 5.80. The van der Waals surface area contributed by atoms with Crippen molar-refractivity contribution in [1.82, 2.24) is 29.4 Å². The first-order valence-electron chi connectivity index (χ1n) is 14.0. The summed E-state index contributed by atoms with van der Waals surface area (Å²) in [5, 5.41) is 30.7. The summed E-state index contributed by atoms with van der Waals surface area (Å²) in [6, 6.07) is 8.39. The Morgan fingerprint density at radius 1 is 1.12 bits per heavy atom. The van der Waals surface area contributed by atoms with Gasteiger partial charge >= 0.3 is 0 Å². The largest absolute Gasteiger partial charge is 0.365 e. The third-order valence-corrected chi connectivity index (χ3v) is 8.49. The topological polar surface area (TPSA) is 142 Å². The van der Waals surface area contributed by atoms with Crippen molar-refractivity contribution in [3.63, 3.8) is 0 Å². The van der Waals surface area contributed by atoms with Gasteiger partial charge in [-0.2, -0.15) is 30.1 Å². The minimum atomic E-state index is 0.151. The van der Waals surface area contributed by atoms with Gasteiger partial charge in [0, 0.05) is 58.3 Å². The van der Waals surface area contributed by atoms with Crippen LogP contribution >= 0.6 is 11.6 Å². The Hall–Kier alpha value is -4.13. The number of piperazine rings is 1. The molecule has 2 aromatic heterocycles. The highest BCUT2D eigenvalue weighted by molar-refractivity contribution is 6.36. The van der Waals surface area contributed by atoms with Gasteiger partial charge in [-0.25, -0.2) is 0 Å². The average Bonchev–Trinajstić information content (AvgIpc) is 3.47. The smallest absolute Gasteiger partial charge is 0.232 e. The van der Waals surface area contributed by atoms with Crippen LogP contribution in [0.15, 0.2) is 18.3 Å². The van der Waals surface area contributed by atoms with Crippen molar-refractivity contribution in [3.8, 4) is 12.1 Å². The number of fused-ring (bicyclic) bond motifs is 1. The van der Waals surface area contributed by atoms with Gasteiger partial charge in [0.05, 0.1) is 34.2 Å². The highest BCUT2D eigenvalue weighted by Gasteiger charge is 2.31. The lowest BCUT2D eigenvalue weighted by Crippen LogP contribution is -2.53. The van der Waals surface area contributed by atoms with Crippen LogP contribution < -0.4 is 15.5 Å². The molecule has 0 spiro atoms. The molecule has 4 heterocycles. The molecule has 2 saturated heterocycles. The third kappa shape index (κ3) is 5.58. The van der Waals surface area contributed by atoms with Crippen molar-refractivity contribution in [3.05, 3.63) is 34.5 Å². The maximum absolute atomic E-state index is 11.7. The van der Waals surface area contributed by atoms with E-state index >= 15 is 0 Å². The number of hydrogen-bond acceptors (Lipinski definition) is 10. The van der Waals surface area contributed by atoms with E-state index in [2.05, 4.69) is 54.6 Å². The standard InChI is InChI=1S/C28H32ClN11O/c1-17-14-37(15-19-5-6-38(16-19)18(2)41)7-8-39(17)24-10-20(11-30)9-23(25(24)29)34-27-35-26-21(12-31)13-32-40(26)28(36-27)33-22-3-4-22/h9-10,13,17,19,22H,3-8,14-16H2,1-2H3,(H2,33,34,35,36)/t17-,19+/m0/s1. The van der Waals surface area contributed by atoms with Crippen molar-refractivity contribution in [2.75, 3.05) is 54.8 Å². The van der Waals surface area contributed by atoms with Crippen molar-refractivity contribution >= 4 is 46.4 Å². The zero-order valence-electron chi connectivity index (χ0n) is 23.1. The van der Waals surface area contributed by atoms with Gasteiger partial charge in [0.2, 0.25) is 17.8 Å². The molecular weight excluding hydrogens is 542 g/mol. The number of anilines is 4. The van der Waals surface area contributed by atoms with Gasteiger partial charge in [-0.3, -0.25) is 9.69 Å². The number of nitriles is 2. The van der Waals surface area contributed by atoms with E-state index in [0.717, 1.165) is 64.2 Å². The highest BCUT2D eigenvalue weighted by Crippen LogP contribution is 2.38. The van der Waals surface area contributed by atoms with Crippen molar-refractivity contribution in [2.24, 2.45) is 5.92 Å². The molecule has 41 heavy (non-hydrogen) atoms. The second-order valence-electron chi connectivity index (χ2n) is 11.2. The number of likely N-dealkylation sites (tertiary alicyclic amines) is 1. The second-order valence-corrected chi connectivity index (χ2v) is 11.6. The van der Waals surface area contributed by atoms with E-state index in [4.69, 9.17) is 11.6 Å². The van der Waals surface area contributed by atoms with Crippen LogP contribution in [0.5, 0.6) is 0 Å². The molecule has 3 aliphatic rings. The molecule has 6 rings (SSSR count). The summed E-state index contributed by atoms with van der Waals surface area (Å²) >= 11 is 6.99. The number of carbonyl (C=O) groups is 1. The van der Waals surface area contributed by atoms with Gasteiger partial charge in [-0.15, -0.1) is 0 Å². The van der Waals surface area contributed by atoms with Gasteiger partial charge < -0.3 is 20.4 Å². The van der Waals surface area contributed by atoms with Crippen LogP contribution in [0.2, 0.25) is 5.02 Å². The van der Waals surface area contributed by atoms with Crippen LogP contribution in [0.25, 0.3) is 5.65 Å². The van der Waals surface area contributed by atoms with Crippen molar-refractivity contribution < 1.29 is 4.79 Å². The quantitative estimate of drug-likeness (QED) is 0.432. The van der Waals surface area contributed by atoms with Gasteiger partial charge in [0.1, 0.15) is 11.6 Å². The molecule has 212 valence electrons. The Kier molecular flexibility index (Phi) is 7.28. The molecule has 0 radical (unpaired) electrons.